The summed E-state index contributed by atoms with van der Waals surface area (Å²) in [5.41, 5.74) is 2.87. The molecule has 0 N–H and O–H groups in total. The van der Waals surface area contributed by atoms with Gasteiger partial charge >= 0.3 is 6.01 Å². The predicted octanol–water partition coefficient (Wildman–Crippen LogP) is 5.81. The summed E-state index contributed by atoms with van der Waals surface area (Å²) >= 11 is 0. The van der Waals surface area contributed by atoms with Crippen LogP contribution in [0.3, 0.4) is 0 Å². The molecule has 2 aliphatic heterocycles. The van der Waals surface area contributed by atoms with E-state index in [1.54, 1.807) is 12.4 Å². The van der Waals surface area contributed by atoms with E-state index in [2.05, 4.69) is 28.8 Å². The maximum atomic E-state index is 15.0. The Labute approximate surface area is 231 Å². The maximum Gasteiger partial charge on any atom is 0.319 e. The lowest BCUT2D eigenvalue weighted by molar-refractivity contribution is 0.188. The summed E-state index contributed by atoms with van der Waals surface area (Å²) < 4.78 is 37.6. The van der Waals surface area contributed by atoms with Crippen molar-refractivity contribution in [1.29, 1.82) is 0 Å². The van der Waals surface area contributed by atoms with Crippen molar-refractivity contribution < 1.29 is 13.5 Å². The largest absolute Gasteiger partial charge is 0.462 e. The van der Waals surface area contributed by atoms with Crippen LogP contribution in [0.5, 0.6) is 6.01 Å². The number of likely N-dealkylation sites (N-methyl/N-ethyl adjacent to an activating group) is 1. The first-order valence-corrected chi connectivity index (χ1v) is 13.7. The second-order valence-electron chi connectivity index (χ2n) is 10.9. The van der Waals surface area contributed by atoms with E-state index < -0.39 is 5.95 Å². The minimum absolute atomic E-state index is 0.0415. The molecule has 2 aliphatic rings. The number of nitrogens with zero attached hydrogens (tertiary/aromatic N) is 6. The topological polar surface area (TPSA) is 59.3 Å². The zero-order valence-corrected chi connectivity index (χ0v) is 22.5. The molecular weight excluding hydrogens is 510 g/mol. The fourth-order valence-electron chi connectivity index (χ4n) is 6.12. The molecule has 3 aromatic carbocycles. The molecule has 2 aromatic heterocycles. The summed E-state index contributed by atoms with van der Waals surface area (Å²) in [6.45, 7) is 4.56. The van der Waals surface area contributed by atoms with Crippen LogP contribution in [0, 0.1) is 11.8 Å². The molecule has 7 rings (SSSR count). The van der Waals surface area contributed by atoms with Gasteiger partial charge in [0.15, 0.2) is 0 Å². The molecular formula is C31H30F2N6O. The van der Waals surface area contributed by atoms with Gasteiger partial charge in [0.1, 0.15) is 18.2 Å². The van der Waals surface area contributed by atoms with Gasteiger partial charge in [-0.2, -0.15) is 14.4 Å². The van der Waals surface area contributed by atoms with Gasteiger partial charge in [-0.3, -0.25) is 0 Å². The monoisotopic (exact) mass is 540 g/mol. The maximum absolute atomic E-state index is 15.0. The average molecular weight is 541 g/mol. The number of rotatable bonds is 5. The van der Waals surface area contributed by atoms with Gasteiger partial charge in [0.05, 0.1) is 24.1 Å². The first-order valence-electron chi connectivity index (χ1n) is 13.7. The summed E-state index contributed by atoms with van der Waals surface area (Å²) in [6, 6.07) is 17.5. The van der Waals surface area contributed by atoms with Crippen molar-refractivity contribution in [3.05, 3.63) is 78.4 Å². The van der Waals surface area contributed by atoms with Crippen LogP contribution in [0.25, 0.3) is 32.8 Å². The fourth-order valence-corrected chi connectivity index (χ4v) is 6.12. The third kappa shape index (κ3) is 4.25. The van der Waals surface area contributed by atoms with E-state index >= 15 is 0 Å². The summed E-state index contributed by atoms with van der Waals surface area (Å²) in [6.07, 6.45) is 3.77. The molecule has 4 heterocycles. The van der Waals surface area contributed by atoms with Gasteiger partial charge in [0.25, 0.3) is 0 Å². The van der Waals surface area contributed by atoms with Gasteiger partial charge in [-0.25, -0.2) is 9.37 Å². The van der Waals surface area contributed by atoms with Gasteiger partial charge in [-0.15, -0.1) is 0 Å². The first-order chi connectivity index (χ1) is 19.5. The molecule has 0 aliphatic carbocycles. The Balaban J connectivity index is 1.35. The Hall–Kier alpha value is -4.11. The Morgan fingerprint density at radius 1 is 1.05 bits per heavy atom. The van der Waals surface area contributed by atoms with Crippen molar-refractivity contribution in [1.82, 2.24) is 24.4 Å². The number of hydrogen-bond acceptors (Lipinski definition) is 6. The molecule has 1 fully saturated rings. The normalized spacial score (nSPS) is 19.4. The Kier molecular flexibility index (Phi) is 6.11. The summed E-state index contributed by atoms with van der Waals surface area (Å²) in [7, 11) is 2.11. The highest BCUT2D eigenvalue weighted by atomic mass is 19.1. The average Bonchev–Trinajstić information content (AvgIpc) is 3.54. The molecule has 0 amide bonds. The minimum Gasteiger partial charge on any atom is -0.462 e. The highest BCUT2D eigenvalue weighted by Crippen LogP contribution is 2.36. The van der Waals surface area contributed by atoms with E-state index in [-0.39, 0.29) is 17.9 Å². The smallest absolute Gasteiger partial charge is 0.319 e. The number of imidazole rings is 1. The van der Waals surface area contributed by atoms with Crippen molar-refractivity contribution >= 4 is 27.5 Å². The number of anilines is 1. The number of hydrogen-bond donors (Lipinski definition) is 0. The zero-order valence-electron chi connectivity index (χ0n) is 22.5. The molecule has 0 radical (unpaired) electrons. The summed E-state index contributed by atoms with van der Waals surface area (Å²) in [5, 5.41) is 2.24. The fraction of sp³-hybridized carbons (Fsp3) is 0.323. The number of aromatic nitrogens is 4. The molecule has 0 spiro atoms. The second-order valence-corrected chi connectivity index (χ2v) is 10.9. The van der Waals surface area contributed by atoms with Gasteiger partial charge in [0, 0.05) is 29.4 Å². The lowest BCUT2D eigenvalue weighted by Crippen LogP contribution is -2.41. The van der Waals surface area contributed by atoms with Crippen LogP contribution in [-0.2, 0) is 13.1 Å². The second kappa shape index (κ2) is 9.82. The van der Waals surface area contributed by atoms with Gasteiger partial charge in [-0.05, 0) is 68.1 Å². The van der Waals surface area contributed by atoms with Crippen LogP contribution < -0.4 is 9.64 Å². The molecule has 2 atom stereocenters. The molecule has 0 saturated carbocycles. The van der Waals surface area contributed by atoms with Crippen LogP contribution in [-0.4, -0.2) is 56.7 Å². The van der Waals surface area contributed by atoms with Crippen molar-refractivity contribution in [2.45, 2.75) is 44.9 Å². The first kappa shape index (κ1) is 24.9. The van der Waals surface area contributed by atoms with E-state index in [0.717, 1.165) is 41.3 Å². The van der Waals surface area contributed by atoms with E-state index in [0.29, 0.717) is 48.2 Å². The summed E-state index contributed by atoms with van der Waals surface area (Å²) in [5.74, 6) is -0.0342. The van der Waals surface area contributed by atoms with E-state index in [1.807, 2.05) is 47.0 Å². The highest BCUT2D eigenvalue weighted by molar-refractivity contribution is 6.00. The van der Waals surface area contributed by atoms with Crippen LogP contribution in [0.4, 0.5) is 14.6 Å². The molecule has 9 heteroatoms. The van der Waals surface area contributed by atoms with Crippen LogP contribution >= 0.6 is 0 Å². The predicted molar refractivity (Wildman–Crippen MR) is 151 cm³/mol. The molecule has 204 valence electrons. The van der Waals surface area contributed by atoms with Crippen molar-refractivity contribution in [3.8, 4) is 17.1 Å². The van der Waals surface area contributed by atoms with Crippen LogP contribution in [0.2, 0.25) is 0 Å². The molecule has 0 unspecified atom stereocenters. The third-order valence-corrected chi connectivity index (χ3v) is 8.38. The van der Waals surface area contributed by atoms with Crippen LogP contribution in [0.1, 0.15) is 25.5 Å². The van der Waals surface area contributed by atoms with Crippen molar-refractivity contribution in [2.75, 3.05) is 25.1 Å². The molecule has 40 heavy (non-hydrogen) atoms. The van der Waals surface area contributed by atoms with E-state index in [9.17, 15) is 8.78 Å². The highest BCUT2D eigenvalue weighted by Gasteiger charge is 2.29. The Bertz CT molecular complexity index is 1730. The molecule has 7 nitrogen and oxygen atoms in total. The lowest BCUT2D eigenvalue weighted by atomic mass is 9.97. The number of ether oxygens (including phenoxy) is 1. The Morgan fingerprint density at radius 3 is 2.73 bits per heavy atom. The van der Waals surface area contributed by atoms with Gasteiger partial charge in [-0.1, -0.05) is 36.4 Å². The zero-order chi connectivity index (χ0) is 27.4. The number of benzene rings is 3. The molecule has 0 bridgehead atoms. The summed E-state index contributed by atoms with van der Waals surface area (Å²) in [4.78, 5) is 18.0. The lowest BCUT2D eigenvalue weighted by Gasteiger charge is -2.35. The van der Waals surface area contributed by atoms with Crippen molar-refractivity contribution in [3.63, 3.8) is 0 Å². The third-order valence-electron chi connectivity index (χ3n) is 8.38. The molecule has 5 aromatic rings. The van der Waals surface area contributed by atoms with Crippen LogP contribution in [0.15, 0.2) is 60.9 Å². The Morgan fingerprint density at radius 2 is 1.90 bits per heavy atom. The molecule has 1 saturated heterocycles. The van der Waals surface area contributed by atoms with Gasteiger partial charge in [0.2, 0.25) is 5.95 Å². The number of halogens is 2. The standard InChI is InChI=1S/C31H30F2N6O/c1-19-15-38-18-34-29(33)27(38)16-39(19)30-24-12-11-21(23-9-3-6-20-7-4-10-25(32)28(20)23)14-26(24)35-31(36-30)40-17-22-8-5-13-37(22)2/h3-4,6-7,9-12,14,18-19,22H,5,8,13,15-17H2,1-2H3/t19-,22+/m1/s1. The SMILES string of the molecule is C[C@@H]1Cn2cnc(F)c2CN1c1nc(OC[C@@H]2CCCN2C)nc2cc(-c3cccc4cccc(F)c34)ccc12. The van der Waals surface area contributed by atoms with Crippen molar-refractivity contribution in [2.24, 2.45) is 0 Å². The minimum atomic E-state index is -0.462. The van der Waals surface area contributed by atoms with Gasteiger partial charge < -0.3 is 19.1 Å². The van der Waals surface area contributed by atoms with E-state index in [1.165, 1.54) is 6.07 Å². The quantitative estimate of drug-likeness (QED) is 0.281. The number of likely N-dealkylation sites (tertiary alicyclic amines) is 1. The van der Waals surface area contributed by atoms with E-state index in [4.69, 9.17) is 14.7 Å². The number of fused-ring (bicyclic) bond motifs is 3.